The minimum atomic E-state index is 0.0761. The molecular weight excluding hydrogens is 452 g/mol. The van der Waals surface area contributed by atoms with E-state index in [1.165, 1.54) is 5.56 Å². The van der Waals surface area contributed by atoms with Gasteiger partial charge in [0.1, 0.15) is 12.4 Å². The van der Waals surface area contributed by atoms with Crippen LogP contribution in [0.25, 0.3) is 0 Å². The van der Waals surface area contributed by atoms with Gasteiger partial charge in [-0.15, -0.1) is 0 Å². The summed E-state index contributed by atoms with van der Waals surface area (Å²) in [6.45, 7) is 3.89. The van der Waals surface area contributed by atoms with Gasteiger partial charge in [0.05, 0.1) is 14.2 Å². The highest BCUT2D eigenvalue weighted by atomic mass is 16.5. The van der Waals surface area contributed by atoms with Gasteiger partial charge in [0.15, 0.2) is 11.5 Å². The van der Waals surface area contributed by atoms with Crippen LogP contribution in [0.5, 0.6) is 17.2 Å². The molecular formula is C30H36N2O4. The average Bonchev–Trinajstić information content (AvgIpc) is 2.93. The standard InChI is InChI=1S/C30H36N2O4/c1-34-28-12-11-23(20-29(28)35-2)13-16-31-30(33)26-14-17-32(18-15-26)21-25-9-6-10-27(19-25)36-22-24-7-4-3-5-8-24/h3-12,19-20,26H,13-18,21-22H2,1-2H3,(H,31,33). The Hall–Kier alpha value is -3.51. The predicted octanol–water partition coefficient (Wildman–Crippen LogP) is 4.85. The van der Waals surface area contributed by atoms with Crippen molar-refractivity contribution < 1.29 is 19.0 Å². The summed E-state index contributed by atoms with van der Waals surface area (Å²) < 4.78 is 16.6. The molecule has 1 amide bonds. The third kappa shape index (κ3) is 7.25. The van der Waals surface area contributed by atoms with Crippen LogP contribution in [0.3, 0.4) is 0 Å². The van der Waals surface area contributed by atoms with Gasteiger partial charge in [-0.05, 0) is 73.3 Å². The maximum absolute atomic E-state index is 12.7. The summed E-state index contributed by atoms with van der Waals surface area (Å²) >= 11 is 0. The van der Waals surface area contributed by atoms with Crippen molar-refractivity contribution in [2.45, 2.75) is 32.4 Å². The van der Waals surface area contributed by atoms with E-state index in [1.54, 1.807) is 14.2 Å². The SMILES string of the molecule is COc1ccc(CCNC(=O)C2CCN(Cc3cccc(OCc4ccccc4)c3)CC2)cc1OC. The van der Waals surface area contributed by atoms with Crippen LogP contribution in [0.4, 0.5) is 0 Å². The fraction of sp³-hybridized carbons (Fsp3) is 0.367. The molecule has 0 bridgehead atoms. The first-order valence-corrected chi connectivity index (χ1v) is 12.6. The molecule has 1 saturated heterocycles. The van der Waals surface area contributed by atoms with E-state index in [0.29, 0.717) is 24.7 Å². The van der Waals surface area contributed by atoms with E-state index in [9.17, 15) is 4.79 Å². The summed E-state index contributed by atoms with van der Waals surface area (Å²) in [5.41, 5.74) is 3.50. The molecule has 0 saturated carbocycles. The Bertz CT molecular complexity index is 1110. The lowest BCUT2D eigenvalue weighted by atomic mass is 9.95. The van der Waals surface area contributed by atoms with Crippen LogP contribution in [-0.2, 0) is 24.4 Å². The monoisotopic (exact) mass is 488 g/mol. The van der Waals surface area contributed by atoms with Gasteiger partial charge in [0.25, 0.3) is 0 Å². The van der Waals surface area contributed by atoms with Crippen LogP contribution >= 0.6 is 0 Å². The number of amides is 1. The first-order valence-electron chi connectivity index (χ1n) is 12.6. The number of likely N-dealkylation sites (tertiary alicyclic amines) is 1. The Kier molecular flexibility index (Phi) is 9.22. The summed E-state index contributed by atoms with van der Waals surface area (Å²) in [7, 11) is 3.26. The molecule has 0 unspecified atom stereocenters. The van der Waals surface area contributed by atoms with Crippen molar-refractivity contribution in [3.8, 4) is 17.2 Å². The van der Waals surface area contributed by atoms with Crippen LogP contribution in [0.2, 0.25) is 0 Å². The summed E-state index contributed by atoms with van der Waals surface area (Å²) in [6.07, 6.45) is 2.52. The van der Waals surface area contributed by atoms with E-state index in [2.05, 4.69) is 34.5 Å². The predicted molar refractivity (Wildman–Crippen MR) is 141 cm³/mol. The highest BCUT2D eigenvalue weighted by Crippen LogP contribution is 2.27. The maximum atomic E-state index is 12.7. The number of piperidine rings is 1. The van der Waals surface area contributed by atoms with Gasteiger partial charge < -0.3 is 19.5 Å². The van der Waals surface area contributed by atoms with Crippen molar-refractivity contribution in [2.75, 3.05) is 33.9 Å². The number of carbonyl (C=O) groups excluding carboxylic acids is 1. The number of ether oxygens (including phenoxy) is 3. The first kappa shape index (κ1) is 25.6. The zero-order chi connectivity index (χ0) is 25.2. The van der Waals surface area contributed by atoms with Gasteiger partial charge in [0, 0.05) is 19.0 Å². The number of rotatable bonds is 11. The molecule has 6 nitrogen and oxygen atoms in total. The number of nitrogens with one attached hydrogen (secondary N) is 1. The van der Waals surface area contributed by atoms with E-state index >= 15 is 0 Å². The van der Waals surface area contributed by atoms with Crippen molar-refractivity contribution in [1.82, 2.24) is 10.2 Å². The van der Waals surface area contributed by atoms with Gasteiger partial charge in [-0.3, -0.25) is 9.69 Å². The van der Waals surface area contributed by atoms with Crippen molar-refractivity contribution in [2.24, 2.45) is 5.92 Å². The van der Waals surface area contributed by atoms with Gasteiger partial charge in [-0.2, -0.15) is 0 Å². The molecule has 1 aliphatic rings. The topological polar surface area (TPSA) is 60.0 Å². The second-order valence-electron chi connectivity index (χ2n) is 9.20. The lowest BCUT2D eigenvalue weighted by molar-refractivity contribution is -0.126. The summed E-state index contributed by atoms with van der Waals surface area (Å²) in [5, 5.41) is 3.12. The Balaban J connectivity index is 1.18. The van der Waals surface area contributed by atoms with Crippen LogP contribution < -0.4 is 19.5 Å². The minimum Gasteiger partial charge on any atom is -0.493 e. The van der Waals surface area contributed by atoms with Crippen molar-refractivity contribution >= 4 is 5.91 Å². The first-order chi connectivity index (χ1) is 17.6. The van der Waals surface area contributed by atoms with Crippen molar-refractivity contribution in [3.05, 3.63) is 89.5 Å². The van der Waals surface area contributed by atoms with E-state index in [4.69, 9.17) is 14.2 Å². The van der Waals surface area contributed by atoms with E-state index in [0.717, 1.165) is 55.8 Å². The van der Waals surface area contributed by atoms with E-state index < -0.39 is 0 Å². The molecule has 190 valence electrons. The summed E-state index contributed by atoms with van der Waals surface area (Å²) in [4.78, 5) is 15.1. The van der Waals surface area contributed by atoms with Crippen LogP contribution in [0.1, 0.15) is 29.5 Å². The van der Waals surface area contributed by atoms with E-state index in [-0.39, 0.29) is 11.8 Å². The van der Waals surface area contributed by atoms with Crippen LogP contribution in [0, 0.1) is 5.92 Å². The average molecular weight is 489 g/mol. The van der Waals surface area contributed by atoms with Gasteiger partial charge in [-0.25, -0.2) is 0 Å². The molecule has 36 heavy (non-hydrogen) atoms. The quantitative estimate of drug-likeness (QED) is 0.418. The molecule has 1 heterocycles. The molecule has 0 radical (unpaired) electrons. The Labute approximate surface area is 214 Å². The highest BCUT2D eigenvalue weighted by molar-refractivity contribution is 5.78. The molecule has 6 heteroatoms. The molecule has 0 spiro atoms. The number of hydrogen-bond acceptors (Lipinski definition) is 5. The van der Waals surface area contributed by atoms with Crippen molar-refractivity contribution in [1.29, 1.82) is 0 Å². The smallest absolute Gasteiger partial charge is 0.223 e. The third-order valence-corrected chi connectivity index (χ3v) is 6.67. The molecule has 0 aromatic heterocycles. The number of hydrogen-bond donors (Lipinski definition) is 1. The number of nitrogens with zero attached hydrogens (tertiary/aromatic N) is 1. The molecule has 0 aliphatic carbocycles. The lowest BCUT2D eigenvalue weighted by Crippen LogP contribution is -2.40. The summed E-state index contributed by atoms with van der Waals surface area (Å²) in [6, 6.07) is 24.4. The Morgan fingerprint density at radius 1 is 0.861 bits per heavy atom. The zero-order valence-electron chi connectivity index (χ0n) is 21.2. The largest absolute Gasteiger partial charge is 0.493 e. The fourth-order valence-electron chi connectivity index (χ4n) is 4.60. The Morgan fingerprint density at radius 2 is 1.61 bits per heavy atom. The molecule has 0 atom stereocenters. The van der Waals surface area contributed by atoms with Gasteiger partial charge in [-0.1, -0.05) is 48.5 Å². The second kappa shape index (κ2) is 13.0. The van der Waals surface area contributed by atoms with Crippen LogP contribution in [0.15, 0.2) is 72.8 Å². The molecule has 1 N–H and O–H groups in total. The molecule has 4 rings (SSSR count). The van der Waals surface area contributed by atoms with Gasteiger partial charge in [0.2, 0.25) is 5.91 Å². The highest BCUT2D eigenvalue weighted by Gasteiger charge is 2.24. The number of carbonyl (C=O) groups is 1. The summed E-state index contributed by atoms with van der Waals surface area (Å²) in [5.74, 6) is 2.55. The second-order valence-corrected chi connectivity index (χ2v) is 9.20. The number of benzene rings is 3. The minimum absolute atomic E-state index is 0.0761. The normalized spacial score (nSPS) is 14.3. The zero-order valence-corrected chi connectivity index (χ0v) is 21.2. The van der Waals surface area contributed by atoms with Gasteiger partial charge >= 0.3 is 0 Å². The fourth-order valence-corrected chi connectivity index (χ4v) is 4.60. The molecule has 1 aliphatic heterocycles. The number of methoxy groups -OCH3 is 2. The van der Waals surface area contributed by atoms with E-state index in [1.807, 2.05) is 48.5 Å². The lowest BCUT2D eigenvalue weighted by Gasteiger charge is -2.31. The van der Waals surface area contributed by atoms with Crippen LogP contribution in [-0.4, -0.2) is 44.7 Å². The molecule has 3 aromatic rings. The molecule has 1 fully saturated rings. The Morgan fingerprint density at radius 3 is 2.36 bits per heavy atom. The van der Waals surface area contributed by atoms with Crippen molar-refractivity contribution in [3.63, 3.8) is 0 Å². The maximum Gasteiger partial charge on any atom is 0.223 e. The third-order valence-electron chi connectivity index (χ3n) is 6.67. The molecule has 3 aromatic carbocycles.